The van der Waals surface area contributed by atoms with Gasteiger partial charge in [-0.1, -0.05) is 0 Å². The average molecular weight is 193 g/mol. The quantitative estimate of drug-likeness (QED) is 0.665. The maximum Gasteiger partial charge on any atom is 0.0236 e. The van der Waals surface area contributed by atoms with Gasteiger partial charge >= 0.3 is 0 Å². The van der Waals surface area contributed by atoms with E-state index in [2.05, 4.69) is 6.26 Å². The molecular weight excluding hydrogens is 174 g/mol. The van der Waals surface area contributed by atoms with E-state index in [9.17, 15) is 0 Å². The Bertz CT molecular complexity index is 145. The molecule has 0 aromatic carbocycles. The molecule has 0 spiro atoms. The first-order valence-electron chi connectivity index (χ1n) is 4.34. The molecule has 3 heteroatoms. The van der Waals surface area contributed by atoms with Crippen molar-refractivity contribution in [3.63, 3.8) is 0 Å². The van der Waals surface area contributed by atoms with E-state index in [0.29, 0.717) is 0 Å². The Labute approximate surface area is 72.7 Å². The molecule has 0 saturated carbocycles. The van der Waals surface area contributed by atoms with Crippen molar-refractivity contribution < 1.29 is 0 Å². The minimum atomic E-state index is -0.247. The molecule has 2 bridgehead atoms. The molecule has 0 unspecified atom stereocenters. The van der Waals surface area contributed by atoms with Gasteiger partial charge in [0.15, 0.2) is 0 Å². The van der Waals surface area contributed by atoms with Crippen LogP contribution in [-0.4, -0.2) is 46.6 Å². The van der Waals surface area contributed by atoms with Gasteiger partial charge in [-0.05, 0) is 40.8 Å². The summed E-state index contributed by atoms with van der Waals surface area (Å²) in [4.78, 5) is 0. The van der Waals surface area contributed by atoms with Gasteiger partial charge in [-0.2, -0.15) is 0 Å². The fourth-order valence-electron chi connectivity index (χ4n) is 2.00. The molecular formula is C8H19NS2. The monoisotopic (exact) mass is 193 g/mol. The van der Waals surface area contributed by atoms with E-state index >= 15 is 0 Å². The van der Waals surface area contributed by atoms with Crippen molar-refractivity contribution in [3.8, 4) is 0 Å². The lowest BCUT2D eigenvalue weighted by Gasteiger charge is -2.58. The van der Waals surface area contributed by atoms with E-state index in [0.717, 1.165) is 5.88 Å². The summed E-state index contributed by atoms with van der Waals surface area (Å²) in [5, 5.41) is 0. The van der Waals surface area contributed by atoms with Gasteiger partial charge in [0.25, 0.3) is 0 Å². The van der Waals surface area contributed by atoms with Gasteiger partial charge in [-0.25, -0.2) is 20.1 Å². The Morgan fingerprint density at radius 2 is 1.45 bits per heavy atom. The first kappa shape index (κ1) is 8.27. The fourth-order valence-corrected chi connectivity index (χ4v) is 12.8. The zero-order valence-corrected chi connectivity index (χ0v) is 8.98. The number of rotatable bonds is 1. The highest BCUT2D eigenvalue weighted by molar-refractivity contribution is 8.42. The lowest BCUT2D eigenvalue weighted by atomic mass is 10.9. The molecule has 0 aliphatic carbocycles. The van der Waals surface area contributed by atoms with Gasteiger partial charge in [-0.15, -0.1) is 0 Å². The summed E-state index contributed by atoms with van der Waals surface area (Å²) in [6, 6.07) is 0. The lowest BCUT2D eigenvalue weighted by Crippen LogP contribution is -2.41. The third-order valence-electron chi connectivity index (χ3n) is 3.38. The van der Waals surface area contributed by atoms with Crippen LogP contribution < -0.4 is 5.73 Å². The van der Waals surface area contributed by atoms with Crippen molar-refractivity contribution in [1.29, 1.82) is 0 Å². The minimum absolute atomic E-state index is 0.0951. The molecule has 1 nitrogen and oxygen atoms in total. The predicted octanol–water partition coefficient (Wildman–Crippen LogP) is 1.17. The average Bonchev–Trinajstić information content (AvgIpc) is 2.07. The van der Waals surface area contributed by atoms with Crippen molar-refractivity contribution in [2.45, 2.75) is 0 Å². The third kappa shape index (κ3) is 1.31. The second-order valence-corrected chi connectivity index (χ2v) is 12.3. The lowest BCUT2D eigenvalue weighted by molar-refractivity contribution is 1.18. The van der Waals surface area contributed by atoms with Crippen molar-refractivity contribution in [2.75, 3.05) is 46.6 Å². The molecule has 3 aliphatic heterocycles. The molecule has 3 heterocycles. The van der Waals surface area contributed by atoms with Gasteiger partial charge in [0.05, 0.1) is 0 Å². The molecule has 68 valence electrons. The van der Waals surface area contributed by atoms with Crippen molar-refractivity contribution in [2.24, 2.45) is 5.73 Å². The third-order valence-corrected chi connectivity index (χ3v) is 11.6. The normalized spacial score (nSPS) is 61.3. The number of hydrogen-bond donors (Lipinski definition) is 1. The fraction of sp³-hybridized carbons (Fsp3) is 1.00. The summed E-state index contributed by atoms with van der Waals surface area (Å²) in [5.41, 5.74) is 5.86. The van der Waals surface area contributed by atoms with E-state index in [1.165, 1.54) is 17.3 Å². The Kier molecular flexibility index (Phi) is 1.93. The van der Waals surface area contributed by atoms with Crippen molar-refractivity contribution in [3.05, 3.63) is 0 Å². The van der Waals surface area contributed by atoms with Crippen LogP contribution in [0.3, 0.4) is 0 Å². The van der Waals surface area contributed by atoms with Crippen LogP contribution in [0, 0.1) is 0 Å². The second kappa shape index (κ2) is 2.57. The van der Waals surface area contributed by atoms with Gasteiger partial charge in [-0.3, -0.25) is 0 Å². The standard InChI is InChI=1S/C8H19NS2/c1-10-2-5-11(8-9,6-3-10)7-4-10/h2-9H2,1H3. The van der Waals surface area contributed by atoms with Crippen LogP contribution in [-0.2, 0) is 0 Å². The van der Waals surface area contributed by atoms with Crippen LogP contribution in [0.1, 0.15) is 0 Å². The van der Waals surface area contributed by atoms with Gasteiger partial charge < -0.3 is 5.73 Å². The first-order valence-corrected chi connectivity index (χ1v) is 9.20. The summed E-state index contributed by atoms with van der Waals surface area (Å²) in [5.74, 6) is 10.3. The highest BCUT2D eigenvalue weighted by atomic mass is 32.3. The SMILES string of the molecule is CS12CCS(CN)(CC1)CC2. The number of nitrogens with two attached hydrogens (primary N) is 1. The molecule has 3 aliphatic rings. The largest absolute Gasteiger partial charge is 0.323 e. The van der Waals surface area contributed by atoms with Crippen LogP contribution in [0.5, 0.6) is 0 Å². The molecule has 3 saturated heterocycles. The number of hydrogen-bond acceptors (Lipinski definition) is 1. The smallest absolute Gasteiger partial charge is 0.0236 e. The summed E-state index contributed by atoms with van der Waals surface area (Å²) in [6.07, 6.45) is 2.55. The molecule has 2 N–H and O–H groups in total. The number of fused-ring (bicyclic) bond motifs is 3. The molecule has 0 amide bonds. The second-order valence-electron chi connectivity index (χ2n) is 4.09. The summed E-state index contributed by atoms with van der Waals surface area (Å²) in [6.45, 7) is 0. The van der Waals surface area contributed by atoms with E-state index in [4.69, 9.17) is 5.73 Å². The van der Waals surface area contributed by atoms with Crippen molar-refractivity contribution in [1.82, 2.24) is 0 Å². The highest BCUT2D eigenvalue weighted by Gasteiger charge is 2.39. The van der Waals surface area contributed by atoms with E-state index in [-0.39, 0.29) is 20.1 Å². The van der Waals surface area contributed by atoms with Crippen LogP contribution in [0.4, 0.5) is 0 Å². The maximum absolute atomic E-state index is 5.86. The molecule has 0 aromatic heterocycles. The topological polar surface area (TPSA) is 26.0 Å². The Hall–Kier alpha value is 0.660. The zero-order valence-electron chi connectivity index (χ0n) is 7.34. The van der Waals surface area contributed by atoms with Crippen LogP contribution >= 0.6 is 20.1 Å². The van der Waals surface area contributed by atoms with E-state index < -0.39 is 0 Å². The Morgan fingerprint density at radius 1 is 1.00 bits per heavy atom. The predicted molar refractivity (Wildman–Crippen MR) is 59.4 cm³/mol. The van der Waals surface area contributed by atoms with Crippen molar-refractivity contribution >= 4 is 20.1 Å². The van der Waals surface area contributed by atoms with Gasteiger partial charge in [0.1, 0.15) is 0 Å². The van der Waals surface area contributed by atoms with Crippen LogP contribution in [0.2, 0.25) is 0 Å². The van der Waals surface area contributed by atoms with E-state index in [1.54, 1.807) is 17.3 Å². The molecule has 0 atom stereocenters. The van der Waals surface area contributed by atoms with Crippen LogP contribution in [0.25, 0.3) is 0 Å². The molecule has 3 fully saturated rings. The van der Waals surface area contributed by atoms with Crippen LogP contribution in [0.15, 0.2) is 0 Å². The summed E-state index contributed by atoms with van der Waals surface area (Å²) < 4.78 is 0. The van der Waals surface area contributed by atoms with Gasteiger partial charge in [0.2, 0.25) is 0 Å². The molecule has 11 heavy (non-hydrogen) atoms. The molecule has 3 rings (SSSR count). The highest BCUT2D eigenvalue weighted by Crippen LogP contribution is 2.65. The Balaban J connectivity index is 2.12. The first-order chi connectivity index (χ1) is 5.18. The zero-order chi connectivity index (χ0) is 7.95. The maximum atomic E-state index is 5.86. The summed E-state index contributed by atoms with van der Waals surface area (Å²) >= 11 is 0. The molecule has 0 radical (unpaired) electrons. The Morgan fingerprint density at radius 3 is 1.82 bits per heavy atom. The van der Waals surface area contributed by atoms with E-state index in [1.807, 2.05) is 0 Å². The van der Waals surface area contributed by atoms with Gasteiger partial charge in [0, 0.05) is 5.88 Å². The minimum Gasteiger partial charge on any atom is -0.323 e. The molecule has 0 aromatic rings. The summed E-state index contributed by atoms with van der Waals surface area (Å²) in [7, 11) is -0.342.